The van der Waals surface area contributed by atoms with Crippen molar-refractivity contribution in [1.29, 1.82) is 0 Å². The molecular weight excluding hydrogens is 488 g/mol. The minimum Gasteiger partial charge on any atom is -0.479 e. The second-order valence-electron chi connectivity index (χ2n) is 6.01. The molecule has 191 valence electrons. The number of aliphatic carboxylic acids is 2. The predicted molar refractivity (Wildman–Crippen MR) is 89.5 cm³/mol. The van der Waals surface area contributed by atoms with Crippen molar-refractivity contribution in [3.63, 3.8) is 0 Å². The van der Waals surface area contributed by atoms with Crippen molar-refractivity contribution in [3.8, 4) is 0 Å². The molecule has 0 heterocycles. The molecule has 0 spiro atoms. The van der Waals surface area contributed by atoms with Gasteiger partial charge in [0.15, 0.2) is 12.2 Å². The Morgan fingerprint density at radius 1 is 0.484 bits per heavy atom. The number of carbonyl (C=O) groups is 2. The minimum absolute atomic E-state index is 0. The van der Waals surface area contributed by atoms with E-state index in [9.17, 15) is 9.59 Å². The van der Waals surface area contributed by atoms with Crippen molar-refractivity contribution in [3.05, 3.63) is 0 Å². The topological polar surface area (TPSA) is 317 Å². The van der Waals surface area contributed by atoms with Crippen LogP contribution < -0.4 is 0 Å². The van der Waals surface area contributed by atoms with Gasteiger partial charge in [0, 0.05) is 17.1 Å². The number of hydrogen-bond donors (Lipinski definition) is 14. The van der Waals surface area contributed by atoms with E-state index in [4.69, 9.17) is 71.5 Å². The fraction of sp³-hybridized carbons (Fsp3) is 0.857. The second-order valence-corrected chi connectivity index (χ2v) is 6.01. The van der Waals surface area contributed by atoms with E-state index in [0.29, 0.717) is 0 Å². The van der Waals surface area contributed by atoms with Gasteiger partial charge in [0.1, 0.15) is 48.8 Å². The van der Waals surface area contributed by atoms with E-state index in [1.54, 1.807) is 0 Å². The zero-order valence-corrected chi connectivity index (χ0v) is 16.5. The van der Waals surface area contributed by atoms with Gasteiger partial charge in [-0.15, -0.1) is 0 Å². The Morgan fingerprint density at radius 3 is 0.871 bits per heavy atom. The van der Waals surface area contributed by atoms with Crippen LogP contribution >= 0.6 is 0 Å². The number of rotatable bonds is 12. The number of aliphatic hydroxyl groups is 12. The summed E-state index contributed by atoms with van der Waals surface area (Å²) < 4.78 is 0. The summed E-state index contributed by atoms with van der Waals surface area (Å²) in [5.74, 6) is -3.57. The van der Waals surface area contributed by atoms with Crippen LogP contribution in [0.25, 0.3) is 0 Å². The van der Waals surface area contributed by atoms with Crippen LogP contribution in [0, 0.1) is 0 Å². The molecule has 0 aliphatic carbocycles. The van der Waals surface area contributed by atoms with Crippen molar-refractivity contribution in [1.82, 2.24) is 0 Å². The molecule has 0 saturated carbocycles. The summed E-state index contributed by atoms with van der Waals surface area (Å²) in [5, 5.41) is 123. The van der Waals surface area contributed by atoms with E-state index in [1.165, 1.54) is 0 Å². The van der Waals surface area contributed by atoms with Gasteiger partial charge in [-0.3, -0.25) is 0 Å². The number of aliphatic hydroxyl groups excluding tert-OH is 12. The maximum atomic E-state index is 10.2. The summed E-state index contributed by atoms with van der Waals surface area (Å²) >= 11 is 0. The third-order valence-electron chi connectivity index (χ3n) is 3.72. The van der Waals surface area contributed by atoms with Gasteiger partial charge in [-0.25, -0.2) is 9.59 Å². The van der Waals surface area contributed by atoms with Gasteiger partial charge in [-0.05, 0) is 0 Å². The Bertz CT molecular complexity index is 465. The number of carboxylic acids is 2. The summed E-state index contributed by atoms with van der Waals surface area (Å²) in [6, 6.07) is 0. The van der Waals surface area contributed by atoms with Gasteiger partial charge in [-0.2, -0.15) is 0 Å². The van der Waals surface area contributed by atoms with Crippen molar-refractivity contribution < 1.29 is 98.1 Å². The van der Waals surface area contributed by atoms with Crippen molar-refractivity contribution in [2.24, 2.45) is 0 Å². The SMILES string of the molecule is O=C(O)C(O)C(O)C(O)C(O)C(O)CO.O=C(O)C(O)C(O)C(O)C(O)C(O)CO.[Cu]. The van der Waals surface area contributed by atoms with Crippen molar-refractivity contribution in [2.75, 3.05) is 13.2 Å². The van der Waals surface area contributed by atoms with E-state index >= 15 is 0 Å². The van der Waals surface area contributed by atoms with E-state index in [1.807, 2.05) is 0 Å². The average molecular weight is 516 g/mol. The third kappa shape index (κ3) is 11.4. The van der Waals surface area contributed by atoms with Crippen LogP contribution in [0.1, 0.15) is 0 Å². The molecule has 0 fully saturated rings. The minimum atomic E-state index is -2.29. The Labute approximate surface area is 185 Å². The molecule has 10 atom stereocenters. The molecule has 0 aromatic rings. The first-order chi connectivity index (χ1) is 13.6. The van der Waals surface area contributed by atoms with Crippen molar-refractivity contribution in [2.45, 2.75) is 61.0 Å². The van der Waals surface area contributed by atoms with Crippen LogP contribution in [0.2, 0.25) is 0 Å². The summed E-state index contributed by atoms with van der Waals surface area (Å²) in [7, 11) is 0. The largest absolute Gasteiger partial charge is 0.479 e. The molecule has 16 nitrogen and oxygen atoms in total. The van der Waals surface area contributed by atoms with Gasteiger partial charge < -0.3 is 71.5 Å². The van der Waals surface area contributed by atoms with Crippen LogP contribution in [0.15, 0.2) is 0 Å². The zero-order chi connectivity index (χ0) is 24.3. The molecular formula is C14H28CuO16. The smallest absolute Gasteiger partial charge is 0.335 e. The summed E-state index contributed by atoms with van der Waals surface area (Å²) in [6.07, 6.45) is -20.5. The van der Waals surface area contributed by atoms with E-state index in [-0.39, 0.29) is 17.1 Å². The first kappa shape index (κ1) is 34.6. The molecule has 0 bridgehead atoms. The first-order valence-corrected chi connectivity index (χ1v) is 8.13. The molecule has 0 saturated heterocycles. The molecule has 0 aliphatic rings. The molecule has 10 unspecified atom stereocenters. The summed E-state index contributed by atoms with van der Waals surface area (Å²) in [5.41, 5.74) is 0. The Morgan fingerprint density at radius 2 is 0.710 bits per heavy atom. The van der Waals surface area contributed by atoms with Crippen LogP contribution in [0.5, 0.6) is 0 Å². The molecule has 0 aliphatic heterocycles. The monoisotopic (exact) mass is 515 g/mol. The fourth-order valence-corrected chi connectivity index (χ4v) is 1.74. The van der Waals surface area contributed by atoms with Gasteiger partial charge >= 0.3 is 11.9 Å². The van der Waals surface area contributed by atoms with Crippen LogP contribution in [0.4, 0.5) is 0 Å². The van der Waals surface area contributed by atoms with Crippen LogP contribution in [0.3, 0.4) is 0 Å². The number of hydrogen-bond acceptors (Lipinski definition) is 14. The van der Waals surface area contributed by atoms with Gasteiger partial charge in [0.05, 0.1) is 13.2 Å². The maximum absolute atomic E-state index is 10.2. The van der Waals surface area contributed by atoms with Gasteiger partial charge in [0.25, 0.3) is 0 Å². The van der Waals surface area contributed by atoms with Gasteiger partial charge in [-0.1, -0.05) is 0 Å². The Hall–Kier alpha value is -1.02. The van der Waals surface area contributed by atoms with E-state index in [2.05, 4.69) is 0 Å². The third-order valence-corrected chi connectivity index (χ3v) is 3.72. The molecule has 0 aromatic carbocycles. The van der Waals surface area contributed by atoms with Crippen LogP contribution in [-0.2, 0) is 26.7 Å². The standard InChI is InChI=1S/2C7H14O8.Cu/c2*8-1-2(9)3(10)4(11)5(12)6(13)7(14)15;/h2*2-6,8-13H,1H2,(H,14,15);. The predicted octanol–water partition coefficient (Wildman–Crippen LogP) is -8.27. The van der Waals surface area contributed by atoms with E-state index < -0.39 is 86.2 Å². The molecule has 1 radical (unpaired) electrons. The first-order valence-electron chi connectivity index (χ1n) is 8.13. The van der Waals surface area contributed by atoms with Gasteiger partial charge in [0.2, 0.25) is 0 Å². The Kier molecular flexibility index (Phi) is 18.5. The molecule has 14 N–H and O–H groups in total. The van der Waals surface area contributed by atoms with Crippen molar-refractivity contribution >= 4 is 11.9 Å². The normalized spacial score (nSPS) is 20.8. The summed E-state index contributed by atoms with van der Waals surface area (Å²) in [4.78, 5) is 20.4. The van der Waals surface area contributed by atoms with E-state index in [0.717, 1.165) is 0 Å². The fourth-order valence-electron chi connectivity index (χ4n) is 1.74. The van der Waals surface area contributed by atoms with Crippen LogP contribution in [-0.4, -0.2) is 158 Å². The molecule has 31 heavy (non-hydrogen) atoms. The molecule has 17 heteroatoms. The maximum Gasteiger partial charge on any atom is 0.335 e. The molecule has 0 rings (SSSR count). The Balaban J connectivity index is -0.000000490. The number of carboxylic acid groups (broad SMARTS) is 2. The zero-order valence-electron chi connectivity index (χ0n) is 15.6. The second kappa shape index (κ2) is 16.6. The average Bonchev–Trinajstić information content (AvgIpc) is 2.73. The summed E-state index contributed by atoms with van der Waals surface area (Å²) in [6.45, 7) is -1.76. The molecule has 0 aromatic heterocycles. The molecule has 0 amide bonds. The quantitative estimate of drug-likeness (QED) is 0.107.